The lowest BCUT2D eigenvalue weighted by molar-refractivity contribution is -0.906. The number of esters is 1. The van der Waals surface area contributed by atoms with Gasteiger partial charge in [0.15, 0.2) is 0 Å². The SMILES string of the molecule is C=CC(=O)OCC[N+](C)(CC)CC.[Cl-]. The van der Waals surface area contributed by atoms with Gasteiger partial charge in [-0.1, -0.05) is 6.58 Å². The molecule has 0 bridgehead atoms. The first-order valence-electron chi connectivity index (χ1n) is 4.70. The highest BCUT2D eigenvalue weighted by molar-refractivity contribution is 5.81. The number of quaternary nitrogens is 1. The number of halogens is 1. The summed E-state index contributed by atoms with van der Waals surface area (Å²) in [5, 5.41) is 0. The van der Waals surface area contributed by atoms with Gasteiger partial charge in [0.2, 0.25) is 0 Å². The largest absolute Gasteiger partial charge is 1.00 e. The Morgan fingerprint density at radius 2 is 1.93 bits per heavy atom. The lowest BCUT2D eigenvalue weighted by Gasteiger charge is -2.31. The van der Waals surface area contributed by atoms with Gasteiger partial charge in [0.1, 0.15) is 13.2 Å². The monoisotopic (exact) mass is 221 g/mol. The molecule has 0 aliphatic rings. The Bertz CT molecular complexity index is 179. The van der Waals surface area contributed by atoms with Gasteiger partial charge in [-0.3, -0.25) is 0 Å². The van der Waals surface area contributed by atoms with Crippen LogP contribution in [0.25, 0.3) is 0 Å². The molecule has 0 heterocycles. The van der Waals surface area contributed by atoms with E-state index < -0.39 is 0 Å². The standard InChI is InChI=1S/C10H20NO2.ClH/c1-5-10(12)13-9-8-11(4,6-2)7-3;/h5H,1,6-9H2,2-4H3;1H/q+1;/p-1. The van der Waals surface area contributed by atoms with E-state index in [0.717, 1.165) is 24.1 Å². The zero-order valence-corrected chi connectivity index (χ0v) is 10.0. The van der Waals surface area contributed by atoms with Crippen molar-refractivity contribution in [1.29, 1.82) is 0 Å². The molecule has 0 amide bonds. The minimum absolute atomic E-state index is 0. The molecule has 0 fully saturated rings. The van der Waals surface area contributed by atoms with E-state index in [2.05, 4.69) is 27.5 Å². The van der Waals surface area contributed by atoms with Crippen LogP contribution < -0.4 is 12.4 Å². The molecule has 0 radical (unpaired) electrons. The van der Waals surface area contributed by atoms with E-state index in [9.17, 15) is 4.79 Å². The van der Waals surface area contributed by atoms with Gasteiger partial charge in [-0.2, -0.15) is 0 Å². The Morgan fingerprint density at radius 1 is 1.43 bits per heavy atom. The molecule has 0 aliphatic carbocycles. The fourth-order valence-corrected chi connectivity index (χ4v) is 0.965. The fourth-order valence-electron chi connectivity index (χ4n) is 0.965. The number of ether oxygens (including phenoxy) is 1. The minimum Gasteiger partial charge on any atom is -1.00 e. The average molecular weight is 222 g/mol. The summed E-state index contributed by atoms with van der Waals surface area (Å²) in [5.41, 5.74) is 0. The molecule has 0 N–H and O–H groups in total. The molecule has 3 nitrogen and oxygen atoms in total. The normalized spacial score (nSPS) is 10.2. The number of rotatable bonds is 6. The third-order valence-corrected chi connectivity index (χ3v) is 2.57. The molecule has 0 aromatic carbocycles. The topological polar surface area (TPSA) is 26.3 Å². The summed E-state index contributed by atoms with van der Waals surface area (Å²) in [6.07, 6.45) is 1.20. The highest BCUT2D eigenvalue weighted by atomic mass is 35.5. The van der Waals surface area contributed by atoms with Crippen molar-refractivity contribution >= 4 is 5.97 Å². The molecule has 0 aliphatic heterocycles. The Labute approximate surface area is 92.7 Å². The number of likely N-dealkylation sites (N-methyl/N-ethyl adjacent to an activating group) is 1. The molecule has 0 aromatic rings. The van der Waals surface area contributed by atoms with Crippen molar-refractivity contribution in [3.05, 3.63) is 12.7 Å². The van der Waals surface area contributed by atoms with Crippen LogP contribution in [-0.4, -0.2) is 43.7 Å². The number of carbonyl (C=O) groups excluding carboxylic acids is 1. The van der Waals surface area contributed by atoms with Crippen molar-refractivity contribution in [2.45, 2.75) is 13.8 Å². The maximum atomic E-state index is 10.7. The van der Waals surface area contributed by atoms with Crippen molar-refractivity contribution in [2.24, 2.45) is 0 Å². The molecule has 0 aromatic heterocycles. The van der Waals surface area contributed by atoms with Gasteiger partial charge in [0, 0.05) is 6.08 Å². The van der Waals surface area contributed by atoms with E-state index >= 15 is 0 Å². The summed E-state index contributed by atoms with van der Waals surface area (Å²) in [4.78, 5) is 10.7. The smallest absolute Gasteiger partial charge is 0.330 e. The van der Waals surface area contributed by atoms with Gasteiger partial charge in [-0.25, -0.2) is 4.79 Å². The Kier molecular flexibility index (Phi) is 8.89. The molecule has 0 rings (SSSR count). The summed E-state index contributed by atoms with van der Waals surface area (Å²) in [7, 11) is 2.15. The third kappa shape index (κ3) is 6.00. The number of hydrogen-bond acceptors (Lipinski definition) is 2. The van der Waals surface area contributed by atoms with Crippen molar-refractivity contribution < 1.29 is 26.4 Å². The molecule has 0 saturated heterocycles. The Balaban J connectivity index is 0. The second-order valence-corrected chi connectivity index (χ2v) is 3.35. The lowest BCUT2D eigenvalue weighted by atomic mass is 10.4. The fraction of sp³-hybridized carbons (Fsp3) is 0.700. The third-order valence-electron chi connectivity index (χ3n) is 2.57. The van der Waals surface area contributed by atoms with Crippen LogP contribution >= 0.6 is 0 Å². The molecule has 0 atom stereocenters. The Morgan fingerprint density at radius 3 is 2.29 bits per heavy atom. The van der Waals surface area contributed by atoms with Crippen LogP contribution in [0.2, 0.25) is 0 Å². The predicted octanol–water partition coefficient (Wildman–Crippen LogP) is -1.79. The second kappa shape index (κ2) is 7.83. The van der Waals surface area contributed by atoms with Crippen LogP contribution in [0, 0.1) is 0 Å². The van der Waals surface area contributed by atoms with Crippen LogP contribution in [0.4, 0.5) is 0 Å². The van der Waals surface area contributed by atoms with E-state index in [0.29, 0.717) is 6.61 Å². The second-order valence-electron chi connectivity index (χ2n) is 3.35. The van der Waals surface area contributed by atoms with Gasteiger partial charge in [0.05, 0.1) is 20.1 Å². The number of hydrogen-bond donors (Lipinski definition) is 0. The van der Waals surface area contributed by atoms with Gasteiger partial charge < -0.3 is 21.6 Å². The van der Waals surface area contributed by atoms with E-state index in [1.807, 2.05) is 0 Å². The minimum atomic E-state index is -0.334. The van der Waals surface area contributed by atoms with Crippen LogP contribution in [0.3, 0.4) is 0 Å². The highest BCUT2D eigenvalue weighted by Crippen LogP contribution is 2.00. The zero-order valence-electron chi connectivity index (χ0n) is 9.25. The maximum absolute atomic E-state index is 10.7. The number of nitrogens with zero attached hydrogens (tertiary/aromatic N) is 1. The van der Waals surface area contributed by atoms with Crippen molar-refractivity contribution in [3.63, 3.8) is 0 Å². The summed E-state index contributed by atoms with van der Waals surface area (Å²) in [6.45, 7) is 11.1. The van der Waals surface area contributed by atoms with Gasteiger partial charge in [0.25, 0.3) is 0 Å². The van der Waals surface area contributed by atoms with E-state index in [4.69, 9.17) is 4.74 Å². The number of carbonyl (C=O) groups is 1. The average Bonchev–Trinajstić information content (AvgIpc) is 2.17. The first kappa shape index (κ1) is 15.9. The Hall–Kier alpha value is -0.540. The van der Waals surface area contributed by atoms with Crippen LogP contribution in [0.1, 0.15) is 13.8 Å². The van der Waals surface area contributed by atoms with Gasteiger partial charge in [-0.15, -0.1) is 0 Å². The molecule has 14 heavy (non-hydrogen) atoms. The zero-order chi connectivity index (χ0) is 10.3. The molecule has 4 heteroatoms. The van der Waals surface area contributed by atoms with Crippen molar-refractivity contribution in [2.75, 3.05) is 33.3 Å². The van der Waals surface area contributed by atoms with Crippen LogP contribution in [-0.2, 0) is 9.53 Å². The van der Waals surface area contributed by atoms with E-state index in [1.165, 1.54) is 6.08 Å². The molecular formula is C10H20ClNO2. The summed E-state index contributed by atoms with van der Waals surface area (Å²) >= 11 is 0. The van der Waals surface area contributed by atoms with Gasteiger partial charge in [-0.05, 0) is 13.8 Å². The molecule has 0 spiro atoms. The predicted molar refractivity (Wildman–Crippen MR) is 53.3 cm³/mol. The molecule has 0 unspecified atom stereocenters. The lowest BCUT2D eigenvalue weighted by Crippen LogP contribution is -3.00. The van der Waals surface area contributed by atoms with E-state index in [-0.39, 0.29) is 18.4 Å². The summed E-state index contributed by atoms with van der Waals surface area (Å²) in [5.74, 6) is -0.334. The van der Waals surface area contributed by atoms with Crippen molar-refractivity contribution in [3.8, 4) is 0 Å². The molecule has 0 saturated carbocycles. The van der Waals surface area contributed by atoms with E-state index in [1.54, 1.807) is 0 Å². The highest BCUT2D eigenvalue weighted by Gasteiger charge is 2.16. The molecular weight excluding hydrogens is 202 g/mol. The maximum Gasteiger partial charge on any atom is 0.330 e. The summed E-state index contributed by atoms with van der Waals surface area (Å²) in [6, 6.07) is 0. The first-order chi connectivity index (χ1) is 6.08. The molecule has 84 valence electrons. The van der Waals surface area contributed by atoms with Crippen LogP contribution in [0.15, 0.2) is 12.7 Å². The first-order valence-corrected chi connectivity index (χ1v) is 4.70. The summed E-state index contributed by atoms with van der Waals surface area (Å²) < 4.78 is 5.85. The van der Waals surface area contributed by atoms with Crippen LogP contribution in [0.5, 0.6) is 0 Å². The van der Waals surface area contributed by atoms with Crippen molar-refractivity contribution in [1.82, 2.24) is 0 Å². The van der Waals surface area contributed by atoms with Gasteiger partial charge >= 0.3 is 5.97 Å². The quantitative estimate of drug-likeness (QED) is 0.301.